The molecule has 21 heavy (non-hydrogen) atoms. The number of benzene rings is 1. The molecule has 0 heterocycles. The molecule has 3 rings (SSSR count). The highest BCUT2D eigenvalue weighted by Crippen LogP contribution is 2.49. The lowest BCUT2D eigenvalue weighted by Crippen LogP contribution is -2.42. The number of hydrazine groups is 1. The zero-order valence-corrected chi connectivity index (χ0v) is 12.5. The molecular formula is C16H19ClN2O2. The van der Waals surface area contributed by atoms with Gasteiger partial charge in [-0.25, -0.2) is 0 Å². The molecule has 2 fully saturated rings. The van der Waals surface area contributed by atoms with Gasteiger partial charge in [-0.3, -0.25) is 20.4 Å². The van der Waals surface area contributed by atoms with Crippen molar-refractivity contribution < 1.29 is 9.59 Å². The Hall–Kier alpha value is -1.55. The van der Waals surface area contributed by atoms with Crippen molar-refractivity contribution in [2.24, 2.45) is 17.8 Å². The van der Waals surface area contributed by atoms with Crippen LogP contribution in [0.15, 0.2) is 24.3 Å². The second-order valence-electron chi connectivity index (χ2n) is 6.12. The van der Waals surface area contributed by atoms with E-state index in [2.05, 4.69) is 10.9 Å². The Labute approximate surface area is 129 Å². The molecule has 5 heteroatoms. The SMILES string of the molecule is O=C(CC1CC2CCC1C2)NNC(=O)c1ccccc1Cl. The van der Waals surface area contributed by atoms with Gasteiger partial charge in [-0.05, 0) is 49.1 Å². The molecule has 0 spiro atoms. The molecule has 0 aromatic heterocycles. The maximum absolute atomic E-state index is 11.9. The molecule has 4 nitrogen and oxygen atoms in total. The lowest BCUT2D eigenvalue weighted by atomic mass is 9.86. The lowest BCUT2D eigenvalue weighted by molar-refractivity contribution is -0.123. The first kappa shape index (κ1) is 14.4. The van der Waals surface area contributed by atoms with Gasteiger partial charge >= 0.3 is 0 Å². The minimum absolute atomic E-state index is 0.118. The number of halogens is 1. The smallest absolute Gasteiger partial charge is 0.271 e. The van der Waals surface area contributed by atoms with Gasteiger partial charge in [-0.15, -0.1) is 0 Å². The van der Waals surface area contributed by atoms with E-state index in [4.69, 9.17) is 11.6 Å². The number of hydrogen-bond acceptors (Lipinski definition) is 2. The molecule has 1 aromatic carbocycles. The summed E-state index contributed by atoms with van der Waals surface area (Å²) in [6.07, 6.45) is 5.53. The van der Waals surface area contributed by atoms with E-state index in [9.17, 15) is 9.59 Å². The standard InChI is InChI=1S/C16H19ClN2O2/c17-14-4-2-1-3-13(14)16(21)19-18-15(20)9-12-8-10-5-6-11(12)7-10/h1-4,10-12H,5-9H2,(H,18,20)(H,19,21). The topological polar surface area (TPSA) is 58.2 Å². The molecule has 112 valence electrons. The zero-order valence-electron chi connectivity index (χ0n) is 11.8. The third-order valence-electron chi connectivity index (χ3n) is 4.77. The fourth-order valence-electron chi connectivity index (χ4n) is 3.75. The van der Waals surface area contributed by atoms with Crippen LogP contribution in [0.5, 0.6) is 0 Å². The third-order valence-corrected chi connectivity index (χ3v) is 5.10. The summed E-state index contributed by atoms with van der Waals surface area (Å²) in [5.74, 6) is 1.52. The van der Waals surface area contributed by atoms with Crippen LogP contribution in [-0.2, 0) is 4.79 Å². The molecule has 2 saturated carbocycles. The highest BCUT2D eigenvalue weighted by molar-refractivity contribution is 6.33. The van der Waals surface area contributed by atoms with Crippen molar-refractivity contribution in [3.63, 3.8) is 0 Å². The van der Waals surface area contributed by atoms with E-state index in [1.165, 1.54) is 19.3 Å². The van der Waals surface area contributed by atoms with Crippen molar-refractivity contribution >= 4 is 23.4 Å². The number of amides is 2. The summed E-state index contributed by atoms with van der Waals surface area (Å²) in [6, 6.07) is 6.76. The van der Waals surface area contributed by atoms with Gasteiger partial charge in [0.25, 0.3) is 5.91 Å². The van der Waals surface area contributed by atoms with Crippen LogP contribution in [-0.4, -0.2) is 11.8 Å². The van der Waals surface area contributed by atoms with E-state index in [0.717, 1.165) is 12.3 Å². The van der Waals surface area contributed by atoms with E-state index >= 15 is 0 Å². The van der Waals surface area contributed by atoms with E-state index in [1.54, 1.807) is 24.3 Å². The van der Waals surface area contributed by atoms with Gasteiger partial charge in [0.2, 0.25) is 5.91 Å². The number of carbonyl (C=O) groups is 2. The van der Waals surface area contributed by atoms with Crippen LogP contribution in [0.4, 0.5) is 0 Å². The fraction of sp³-hybridized carbons (Fsp3) is 0.500. The maximum atomic E-state index is 11.9. The zero-order chi connectivity index (χ0) is 14.8. The normalized spacial score (nSPS) is 26.6. The van der Waals surface area contributed by atoms with Crippen molar-refractivity contribution in [1.29, 1.82) is 0 Å². The Balaban J connectivity index is 1.48. The van der Waals surface area contributed by atoms with Crippen molar-refractivity contribution in [1.82, 2.24) is 10.9 Å². The van der Waals surface area contributed by atoms with Gasteiger partial charge in [0, 0.05) is 6.42 Å². The van der Waals surface area contributed by atoms with Crippen LogP contribution in [0.1, 0.15) is 42.5 Å². The molecule has 2 aliphatic carbocycles. The Kier molecular flexibility index (Phi) is 4.15. The van der Waals surface area contributed by atoms with Crippen molar-refractivity contribution in [3.8, 4) is 0 Å². The second-order valence-corrected chi connectivity index (χ2v) is 6.53. The van der Waals surface area contributed by atoms with Crippen LogP contribution in [0, 0.1) is 17.8 Å². The quantitative estimate of drug-likeness (QED) is 0.844. The summed E-state index contributed by atoms with van der Waals surface area (Å²) >= 11 is 5.94. The Bertz CT molecular complexity index is 561. The number of nitrogens with one attached hydrogen (secondary N) is 2. The number of fused-ring (bicyclic) bond motifs is 2. The van der Waals surface area contributed by atoms with Crippen LogP contribution in [0.25, 0.3) is 0 Å². The molecular weight excluding hydrogens is 288 g/mol. The highest BCUT2D eigenvalue weighted by atomic mass is 35.5. The van der Waals surface area contributed by atoms with Gasteiger partial charge in [-0.2, -0.15) is 0 Å². The first-order valence-corrected chi connectivity index (χ1v) is 7.85. The Morgan fingerprint density at radius 2 is 1.95 bits per heavy atom. The largest absolute Gasteiger partial charge is 0.273 e. The molecule has 2 amide bonds. The lowest BCUT2D eigenvalue weighted by Gasteiger charge is -2.20. The first-order valence-electron chi connectivity index (χ1n) is 7.47. The Morgan fingerprint density at radius 1 is 1.14 bits per heavy atom. The monoisotopic (exact) mass is 306 g/mol. The summed E-state index contributed by atoms with van der Waals surface area (Å²) in [4.78, 5) is 23.9. The average molecular weight is 307 g/mol. The number of hydrogen-bond donors (Lipinski definition) is 2. The average Bonchev–Trinajstić information content (AvgIpc) is 3.08. The summed E-state index contributed by atoms with van der Waals surface area (Å²) in [5.41, 5.74) is 5.29. The summed E-state index contributed by atoms with van der Waals surface area (Å²) in [5, 5.41) is 0.373. The third kappa shape index (κ3) is 3.21. The highest BCUT2D eigenvalue weighted by Gasteiger charge is 2.40. The molecule has 2 bridgehead atoms. The van der Waals surface area contributed by atoms with E-state index in [-0.39, 0.29) is 11.8 Å². The van der Waals surface area contributed by atoms with Crippen molar-refractivity contribution in [3.05, 3.63) is 34.9 Å². The molecule has 3 atom stereocenters. The van der Waals surface area contributed by atoms with Gasteiger partial charge in [0.1, 0.15) is 0 Å². The second kappa shape index (κ2) is 6.06. The molecule has 1 aromatic rings. The van der Waals surface area contributed by atoms with Gasteiger partial charge in [0.15, 0.2) is 0 Å². The molecule has 2 N–H and O–H groups in total. The molecule has 0 saturated heterocycles. The minimum Gasteiger partial charge on any atom is -0.273 e. The van der Waals surface area contributed by atoms with Crippen LogP contribution < -0.4 is 10.9 Å². The minimum atomic E-state index is -0.387. The molecule has 0 aliphatic heterocycles. The van der Waals surface area contributed by atoms with E-state index in [0.29, 0.717) is 28.8 Å². The maximum Gasteiger partial charge on any atom is 0.271 e. The van der Waals surface area contributed by atoms with E-state index < -0.39 is 0 Å². The number of carbonyl (C=O) groups excluding carboxylic acids is 2. The molecule has 2 aliphatic rings. The van der Waals surface area contributed by atoms with Crippen molar-refractivity contribution in [2.75, 3.05) is 0 Å². The van der Waals surface area contributed by atoms with E-state index in [1.807, 2.05) is 0 Å². The molecule has 3 unspecified atom stereocenters. The van der Waals surface area contributed by atoms with Crippen molar-refractivity contribution in [2.45, 2.75) is 32.1 Å². The van der Waals surface area contributed by atoms with Crippen LogP contribution in [0.2, 0.25) is 5.02 Å². The predicted octanol–water partition coefficient (Wildman–Crippen LogP) is 2.93. The molecule has 0 radical (unpaired) electrons. The Morgan fingerprint density at radius 3 is 2.62 bits per heavy atom. The van der Waals surface area contributed by atoms with Crippen LogP contribution >= 0.6 is 11.6 Å². The van der Waals surface area contributed by atoms with Gasteiger partial charge in [-0.1, -0.05) is 30.2 Å². The van der Waals surface area contributed by atoms with Gasteiger partial charge < -0.3 is 0 Å². The van der Waals surface area contributed by atoms with Gasteiger partial charge in [0.05, 0.1) is 10.6 Å². The summed E-state index contributed by atoms with van der Waals surface area (Å²) < 4.78 is 0. The predicted molar refractivity (Wildman–Crippen MR) is 80.6 cm³/mol. The summed E-state index contributed by atoms with van der Waals surface area (Å²) in [7, 11) is 0. The summed E-state index contributed by atoms with van der Waals surface area (Å²) in [6.45, 7) is 0. The fourth-order valence-corrected chi connectivity index (χ4v) is 3.98. The number of rotatable bonds is 3. The first-order chi connectivity index (χ1) is 10.1. The van der Waals surface area contributed by atoms with Crippen LogP contribution in [0.3, 0.4) is 0 Å².